The van der Waals surface area contributed by atoms with E-state index in [4.69, 9.17) is 9.84 Å². The zero-order valence-electron chi connectivity index (χ0n) is 14.5. The fraction of sp³-hybridized carbons (Fsp3) is 0.105. The average molecular weight is 606 g/mol. The molecule has 1 fully saturated rings. The van der Waals surface area contributed by atoms with Gasteiger partial charge >= 0.3 is 5.97 Å². The number of carbonyl (C=O) groups excluding carboxylic acids is 2. The van der Waals surface area contributed by atoms with Crippen molar-refractivity contribution in [3.63, 3.8) is 0 Å². The summed E-state index contributed by atoms with van der Waals surface area (Å²) in [6, 6.07) is 10.8. The van der Waals surface area contributed by atoms with Crippen LogP contribution in [0, 0.1) is 0 Å². The molecule has 1 saturated heterocycles. The minimum atomic E-state index is -1.09. The smallest absolute Gasteiger partial charge is 0.341 e. The number of carboxylic acids is 1. The summed E-state index contributed by atoms with van der Waals surface area (Å²) in [7, 11) is 0. The molecule has 2 amide bonds. The Morgan fingerprint density at radius 3 is 2.31 bits per heavy atom. The maximum Gasteiger partial charge on any atom is 0.341 e. The normalized spacial score (nSPS) is 15.3. The Bertz CT molecular complexity index is 1000. The van der Waals surface area contributed by atoms with E-state index in [0.717, 1.165) is 21.8 Å². The van der Waals surface area contributed by atoms with E-state index in [1.54, 1.807) is 18.2 Å². The second-order valence-electron chi connectivity index (χ2n) is 5.89. The molecule has 0 atom stereocenters. The molecule has 29 heavy (non-hydrogen) atoms. The van der Waals surface area contributed by atoms with Gasteiger partial charge in [-0.2, -0.15) is 0 Å². The number of carbonyl (C=O) groups is 3. The molecule has 0 bridgehead atoms. The van der Waals surface area contributed by atoms with Crippen LogP contribution in [0.2, 0.25) is 0 Å². The topological polar surface area (TPSA) is 83.9 Å². The van der Waals surface area contributed by atoms with Crippen molar-refractivity contribution >= 4 is 82.7 Å². The lowest BCUT2D eigenvalue weighted by Gasteiger charge is -2.12. The molecular weight excluding hydrogens is 594 g/mol. The van der Waals surface area contributed by atoms with Gasteiger partial charge in [0.15, 0.2) is 6.61 Å². The first-order valence-corrected chi connectivity index (χ1v) is 11.3. The Morgan fingerprint density at radius 1 is 1.10 bits per heavy atom. The van der Waals surface area contributed by atoms with Crippen LogP contribution in [0.1, 0.15) is 11.1 Å². The van der Waals surface area contributed by atoms with Crippen LogP contribution in [0.3, 0.4) is 0 Å². The highest BCUT2D eigenvalue weighted by Gasteiger charge is 2.35. The van der Waals surface area contributed by atoms with E-state index >= 15 is 0 Å². The van der Waals surface area contributed by atoms with Crippen molar-refractivity contribution in [2.24, 2.45) is 0 Å². The van der Waals surface area contributed by atoms with Gasteiger partial charge in [-0.1, -0.05) is 28.1 Å². The number of rotatable bonds is 6. The highest BCUT2D eigenvalue weighted by molar-refractivity contribution is 9.11. The molecule has 0 radical (unpaired) electrons. The monoisotopic (exact) mass is 603 g/mol. The van der Waals surface area contributed by atoms with Gasteiger partial charge in [-0.25, -0.2) is 4.79 Å². The van der Waals surface area contributed by atoms with Gasteiger partial charge in [-0.3, -0.25) is 14.5 Å². The van der Waals surface area contributed by atoms with E-state index in [2.05, 4.69) is 47.8 Å². The van der Waals surface area contributed by atoms with Gasteiger partial charge in [0, 0.05) is 4.47 Å². The van der Waals surface area contributed by atoms with Crippen LogP contribution in [0.5, 0.6) is 5.75 Å². The predicted octanol–water partition coefficient (Wildman–Crippen LogP) is 5.67. The number of imide groups is 1. The number of aliphatic carboxylic acids is 1. The molecular formula is C19H12Br3NO5S. The molecule has 0 unspecified atom stereocenters. The predicted molar refractivity (Wildman–Crippen MR) is 121 cm³/mol. The number of benzene rings is 2. The summed E-state index contributed by atoms with van der Waals surface area (Å²) in [6.07, 6.45) is 1.61. The van der Waals surface area contributed by atoms with E-state index in [1.807, 2.05) is 24.3 Å². The van der Waals surface area contributed by atoms with Crippen molar-refractivity contribution in [3.8, 4) is 5.75 Å². The molecule has 6 nitrogen and oxygen atoms in total. The van der Waals surface area contributed by atoms with E-state index in [1.165, 1.54) is 4.90 Å². The number of thioether (sulfide) groups is 1. The average Bonchev–Trinajstić information content (AvgIpc) is 2.90. The fourth-order valence-corrected chi connectivity index (χ4v) is 5.05. The van der Waals surface area contributed by atoms with Crippen molar-refractivity contribution < 1.29 is 24.2 Å². The zero-order chi connectivity index (χ0) is 21.1. The summed E-state index contributed by atoms with van der Waals surface area (Å²) < 4.78 is 7.19. The molecule has 0 spiro atoms. The standard InChI is InChI=1S/C19H12Br3NO5S/c20-12-3-1-10(2-4-12)8-23-18(26)15(29-19(23)27)7-11-5-13(21)17(14(22)6-11)28-9-16(24)25/h1-7H,8-9H2,(H,24,25)/b15-7-. The van der Waals surface area contributed by atoms with Gasteiger partial charge in [0.25, 0.3) is 11.1 Å². The third kappa shape index (κ3) is 5.50. The number of nitrogens with zero attached hydrogens (tertiary/aromatic N) is 1. The Balaban J connectivity index is 1.80. The molecule has 0 aromatic heterocycles. The number of ether oxygens (including phenoxy) is 1. The Hall–Kier alpha value is -1.62. The first-order valence-electron chi connectivity index (χ1n) is 8.08. The second-order valence-corrected chi connectivity index (χ2v) is 9.51. The molecule has 10 heteroatoms. The Labute approximate surface area is 195 Å². The molecule has 0 saturated carbocycles. The van der Waals surface area contributed by atoms with Crippen molar-refractivity contribution in [1.29, 1.82) is 0 Å². The molecule has 1 N–H and O–H groups in total. The van der Waals surface area contributed by atoms with Crippen molar-refractivity contribution in [3.05, 3.63) is 65.8 Å². The van der Waals surface area contributed by atoms with E-state index in [-0.39, 0.29) is 17.7 Å². The summed E-state index contributed by atoms with van der Waals surface area (Å²) in [5.74, 6) is -1.11. The summed E-state index contributed by atoms with van der Waals surface area (Å²) >= 11 is 10.9. The summed E-state index contributed by atoms with van der Waals surface area (Å²) in [5, 5.41) is 8.42. The second kappa shape index (κ2) is 9.46. The van der Waals surface area contributed by atoms with E-state index in [9.17, 15) is 14.4 Å². The lowest BCUT2D eigenvalue weighted by atomic mass is 10.2. The largest absolute Gasteiger partial charge is 0.480 e. The molecule has 1 heterocycles. The maximum atomic E-state index is 12.7. The summed E-state index contributed by atoms with van der Waals surface area (Å²) in [6.45, 7) is -0.282. The van der Waals surface area contributed by atoms with Crippen molar-refractivity contribution in [2.75, 3.05) is 6.61 Å². The minimum absolute atomic E-state index is 0.199. The van der Waals surface area contributed by atoms with Crippen LogP contribution in [0.15, 0.2) is 54.7 Å². The number of hydrogen-bond donors (Lipinski definition) is 1. The van der Waals surface area contributed by atoms with Gasteiger partial charge in [0.2, 0.25) is 0 Å². The molecule has 2 aromatic carbocycles. The molecule has 1 aliphatic rings. The van der Waals surface area contributed by atoms with Gasteiger partial charge in [0.05, 0.1) is 20.4 Å². The van der Waals surface area contributed by atoms with E-state index in [0.29, 0.717) is 25.2 Å². The Morgan fingerprint density at radius 2 is 1.72 bits per heavy atom. The number of halogens is 3. The number of amides is 2. The van der Waals surface area contributed by atoms with Crippen LogP contribution in [-0.2, 0) is 16.1 Å². The first-order chi connectivity index (χ1) is 13.7. The maximum absolute atomic E-state index is 12.7. The van der Waals surface area contributed by atoms with Crippen LogP contribution >= 0.6 is 59.6 Å². The zero-order valence-corrected chi connectivity index (χ0v) is 20.1. The number of hydrogen-bond acceptors (Lipinski definition) is 5. The fourth-order valence-electron chi connectivity index (χ4n) is 2.49. The lowest BCUT2D eigenvalue weighted by Crippen LogP contribution is -2.27. The van der Waals surface area contributed by atoms with Crippen LogP contribution < -0.4 is 4.74 Å². The SMILES string of the molecule is O=C(O)COc1c(Br)cc(/C=C2\SC(=O)N(Cc3ccc(Br)cc3)C2=O)cc1Br. The van der Waals surface area contributed by atoms with Crippen LogP contribution in [0.25, 0.3) is 6.08 Å². The van der Waals surface area contributed by atoms with Crippen LogP contribution in [-0.4, -0.2) is 33.7 Å². The Kier molecular flexibility index (Phi) is 7.20. The highest BCUT2D eigenvalue weighted by atomic mass is 79.9. The van der Waals surface area contributed by atoms with Gasteiger partial charge < -0.3 is 9.84 Å². The first kappa shape index (κ1) is 22.1. The minimum Gasteiger partial charge on any atom is -0.480 e. The van der Waals surface area contributed by atoms with Crippen molar-refractivity contribution in [2.45, 2.75) is 6.54 Å². The third-order valence-corrected chi connectivity index (χ3v) is 6.40. The van der Waals surface area contributed by atoms with Crippen LogP contribution in [0.4, 0.5) is 4.79 Å². The molecule has 3 rings (SSSR count). The van der Waals surface area contributed by atoms with E-state index < -0.39 is 12.6 Å². The van der Waals surface area contributed by atoms with Gasteiger partial charge in [-0.05, 0) is 85.1 Å². The summed E-state index contributed by atoms with van der Waals surface area (Å²) in [4.78, 5) is 37.2. The molecule has 1 aliphatic heterocycles. The quantitative estimate of drug-likeness (QED) is 0.427. The highest BCUT2D eigenvalue weighted by Crippen LogP contribution is 2.38. The summed E-state index contributed by atoms with van der Waals surface area (Å²) in [5.41, 5.74) is 1.50. The third-order valence-electron chi connectivity index (χ3n) is 3.79. The van der Waals surface area contributed by atoms with Gasteiger partial charge in [-0.15, -0.1) is 0 Å². The number of carboxylic acid groups (broad SMARTS) is 1. The van der Waals surface area contributed by atoms with Crippen molar-refractivity contribution in [1.82, 2.24) is 4.90 Å². The molecule has 0 aliphatic carbocycles. The molecule has 2 aromatic rings. The van der Waals surface area contributed by atoms with Gasteiger partial charge in [0.1, 0.15) is 5.75 Å². The molecule has 150 valence electrons. The lowest BCUT2D eigenvalue weighted by molar-refractivity contribution is -0.139.